The molecule has 1 unspecified atom stereocenters. The van der Waals surface area contributed by atoms with Gasteiger partial charge >= 0.3 is 5.97 Å². The summed E-state index contributed by atoms with van der Waals surface area (Å²) in [5.74, 6) is -0.544. The first-order chi connectivity index (χ1) is 12.8. The SMILES string of the molecule is CCOc1ccc(NC(=O)C(C)OC(=O)c2ccc([N+](=O)[O-])c(C)c2)cc1. The van der Waals surface area contributed by atoms with E-state index in [1.807, 2.05) is 6.92 Å². The van der Waals surface area contributed by atoms with Gasteiger partial charge in [-0.15, -0.1) is 0 Å². The molecule has 2 aromatic rings. The van der Waals surface area contributed by atoms with Crippen LogP contribution in [0.4, 0.5) is 11.4 Å². The van der Waals surface area contributed by atoms with Crippen LogP contribution in [-0.2, 0) is 9.53 Å². The van der Waals surface area contributed by atoms with Crippen molar-refractivity contribution in [1.29, 1.82) is 0 Å². The molecule has 2 rings (SSSR count). The summed E-state index contributed by atoms with van der Waals surface area (Å²) in [6, 6.07) is 10.7. The second kappa shape index (κ2) is 8.79. The van der Waals surface area contributed by atoms with Gasteiger partial charge in [0.05, 0.1) is 17.1 Å². The first-order valence-corrected chi connectivity index (χ1v) is 8.31. The number of amides is 1. The Morgan fingerprint density at radius 1 is 1.19 bits per heavy atom. The lowest BCUT2D eigenvalue weighted by atomic mass is 10.1. The zero-order valence-corrected chi connectivity index (χ0v) is 15.2. The third-order valence-electron chi connectivity index (χ3n) is 3.72. The van der Waals surface area contributed by atoms with Crippen molar-refractivity contribution in [2.24, 2.45) is 0 Å². The molecule has 0 aromatic heterocycles. The van der Waals surface area contributed by atoms with Crippen LogP contribution in [0, 0.1) is 17.0 Å². The average molecular weight is 372 g/mol. The van der Waals surface area contributed by atoms with Gasteiger partial charge in [-0.1, -0.05) is 0 Å². The summed E-state index contributed by atoms with van der Waals surface area (Å²) >= 11 is 0. The van der Waals surface area contributed by atoms with Crippen molar-refractivity contribution in [3.8, 4) is 5.75 Å². The molecule has 142 valence electrons. The Bertz CT molecular complexity index is 848. The van der Waals surface area contributed by atoms with E-state index in [0.29, 0.717) is 23.6 Å². The van der Waals surface area contributed by atoms with E-state index in [4.69, 9.17) is 9.47 Å². The first-order valence-electron chi connectivity index (χ1n) is 8.31. The number of aryl methyl sites for hydroxylation is 1. The molecule has 0 heterocycles. The van der Waals surface area contributed by atoms with Crippen LogP contribution in [0.5, 0.6) is 5.75 Å². The van der Waals surface area contributed by atoms with Crippen molar-refractivity contribution >= 4 is 23.3 Å². The van der Waals surface area contributed by atoms with Crippen molar-refractivity contribution in [1.82, 2.24) is 0 Å². The number of nitrogens with one attached hydrogen (secondary N) is 1. The second-order valence-electron chi connectivity index (χ2n) is 5.75. The normalized spacial score (nSPS) is 11.4. The number of nitrogens with zero attached hydrogens (tertiary/aromatic N) is 1. The number of carbonyl (C=O) groups is 2. The molecule has 2 aromatic carbocycles. The average Bonchev–Trinajstić information content (AvgIpc) is 2.63. The summed E-state index contributed by atoms with van der Waals surface area (Å²) in [4.78, 5) is 34.7. The fourth-order valence-corrected chi connectivity index (χ4v) is 2.31. The van der Waals surface area contributed by atoms with E-state index in [9.17, 15) is 19.7 Å². The van der Waals surface area contributed by atoms with Crippen LogP contribution in [-0.4, -0.2) is 29.5 Å². The second-order valence-corrected chi connectivity index (χ2v) is 5.75. The Labute approximate surface area is 156 Å². The van der Waals surface area contributed by atoms with Crippen molar-refractivity contribution in [2.45, 2.75) is 26.9 Å². The summed E-state index contributed by atoms with van der Waals surface area (Å²) in [7, 11) is 0. The maximum Gasteiger partial charge on any atom is 0.338 e. The van der Waals surface area contributed by atoms with Gasteiger partial charge in [-0.25, -0.2) is 4.79 Å². The molecule has 8 heteroatoms. The molecule has 1 atom stereocenters. The van der Waals surface area contributed by atoms with Crippen LogP contribution in [0.25, 0.3) is 0 Å². The molecule has 0 bridgehead atoms. The Balaban J connectivity index is 1.98. The molecule has 0 aliphatic carbocycles. The summed E-state index contributed by atoms with van der Waals surface area (Å²) in [5.41, 5.74) is 0.921. The number of esters is 1. The van der Waals surface area contributed by atoms with Crippen molar-refractivity contribution in [3.63, 3.8) is 0 Å². The predicted molar refractivity (Wildman–Crippen MR) is 99.0 cm³/mol. The van der Waals surface area contributed by atoms with E-state index in [-0.39, 0.29) is 11.3 Å². The molecule has 8 nitrogen and oxygen atoms in total. The van der Waals surface area contributed by atoms with E-state index >= 15 is 0 Å². The number of hydrogen-bond donors (Lipinski definition) is 1. The molecular weight excluding hydrogens is 352 g/mol. The van der Waals surface area contributed by atoms with Gasteiger partial charge in [0.2, 0.25) is 0 Å². The Kier molecular flexibility index (Phi) is 6.48. The smallest absolute Gasteiger partial charge is 0.338 e. The van der Waals surface area contributed by atoms with Gasteiger partial charge in [0, 0.05) is 17.3 Å². The molecule has 0 saturated heterocycles. The highest BCUT2D eigenvalue weighted by molar-refractivity contribution is 5.97. The largest absolute Gasteiger partial charge is 0.494 e. The van der Waals surface area contributed by atoms with Crippen LogP contribution in [0.1, 0.15) is 29.8 Å². The Morgan fingerprint density at radius 2 is 1.85 bits per heavy atom. The lowest BCUT2D eigenvalue weighted by Gasteiger charge is -2.14. The zero-order chi connectivity index (χ0) is 20.0. The molecule has 0 radical (unpaired) electrons. The van der Waals surface area contributed by atoms with Crippen LogP contribution in [0.3, 0.4) is 0 Å². The minimum Gasteiger partial charge on any atom is -0.494 e. The molecule has 0 aliphatic rings. The van der Waals surface area contributed by atoms with E-state index in [2.05, 4.69) is 5.32 Å². The van der Waals surface area contributed by atoms with Gasteiger partial charge in [0.15, 0.2) is 6.10 Å². The first kappa shape index (κ1) is 19.9. The standard InChI is InChI=1S/C19H20N2O6/c1-4-26-16-8-6-15(7-9-16)20-18(22)13(3)27-19(23)14-5-10-17(21(24)25)12(2)11-14/h5-11,13H,4H2,1-3H3,(H,20,22). The van der Waals surface area contributed by atoms with Crippen molar-refractivity contribution < 1.29 is 24.0 Å². The highest BCUT2D eigenvalue weighted by atomic mass is 16.6. The van der Waals surface area contributed by atoms with Crippen LogP contribution in [0.2, 0.25) is 0 Å². The number of benzene rings is 2. The quantitative estimate of drug-likeness (QED) is 0.453. The number of nitro groups is 1. The molecule has 27 heavy (non-hydrogen) atoms. The van der Waals surface area contributed by atoms with Gasteiger partial charge in [0.1, 0.15) is 5.75 Å². The monoisotopic (exact) mass is 372 g/mol. The van der Waals surface area contributed by atoms with Crippen molar-refractivity contribution in [2.75, 3.05) is 11.9 Å². The minimum absolute atomic E-state index is 0.0900. The third kappa shape index (κ3) is 5.27. The maximum atomic E-state index is 12.2. The van der Waals surface area contributed by atoms with Crippen molar-refractivity contribution in [3.05, 3.63) is 63.7 Å². The molecule has 0 fully saturated rings. The Hall–Kier alpha value is -3.42. The van der Waals surface area contributed by atoms with Gasteiger partial charge in [-0.3, -0.25) is 14.9 Å². The summed E-state index contributed by atoms with van der Waals surface area (Å²) in [6.45, 7) is 5.38. The number of rotatable bonds is 7. The van der Waals surface area contributed by atoms with Gasteiger partial charge in [0.25, 0.3) is 11.6 Å². The summed E-state index contributed by atoms with van der Waals surface area (Å²) < 4.78 is 10.5. The van der Waals surface area contributed by atoms with Crippen LogP contribution < -0.4 is 10.1 Å². The zero-order valence-electron chi connectivity index (χ0n) is 15.2. The Morgan fingerprint density at radius 3 is 2.41 bits per heavy atom. The van der Waals surface area contributed by atoms with E-state index in [0.717, 1.165) is 0 Å². The third-order valence-corrected chi connectivity index (χ3v) is 3.72. The molecule has 1 N–H and O–H groups in total. The van der Waals surface area contributed by atoms with E-state index < -0.39 is 22.9 Å². The molecule has 0 saturated carbocycles. The van der Waals surface area contributed by atoms with Crippen LogP contribution >= 0.6 is 0 Å². The highest BCUT2D eigenvalue weighted by Gasteiger charge is 2.21. The fourth-order valence-electron chi connectivity index (χ4n) is 2.31. The number of nitro benzene ring substituents is 1. The van der Waals surface area contributed by atoms with E-state index in [1.54, 1.807) is 24.3 Å². The molecule has 0 aliphatic heterocycles. The highest BCUT2D eigenvalue weighted by Crippen LogP contribution is 2.20. The number of hydrogen-bond acceptors (Lipinski definition) is 6. The number of anilines is 1. The predicted octanol–water partition coefficient (Wildman–Crippen LogP) is 3.49. The molecule has 1 amide bonds. The minimum atomic E-state index is -1.04. The summed E-state index contributed by atoms with van der Waals surface area (Å²) in [6.07, 6.45) is -1.04. The lowest BCUT2D eigenvalue weighted by Crippen LogP contribution is -2.30. The van der Waals surface area contributed by atoms with Gasteiger partial charge in [-0.05, 0) is 57.2 Å². The molecule has 0 spiro atoms. The lowest BCUT2D eigenvalue weighted by molar-refractivity contribution is -0.385. The number of carbonyl (C=O) groups excluding carboxylic acids is 2. The van der Waals surface area contributed by atoms with Gasteiger partial charge < -0.3 is 14.8 Å². The van der Waals surface area contributed by atoms with E-state index in [1.165, 1.54) is 32.0 Å². The van der Waals surface area contributed by atoms with Crippen LogP contribution in [0.15, 0.2) is 42.5 Å². The summed E-state index contributed by atoms with van der Waals surface area (Å²) in [5, 5.41) is 13.5. The number of ether oxygens (including phenoxy) is 2. The molecular formula is C19H20N2O6. The fraction of sp³-hybridized carbons (Fsp3) is 0.263. The maximum absolute atomic E-state index is 12.2. The topological polar surface area (TPSA) is 108 Å². The van der Waals surface area contributed by atoms with Gasteiger partial charge in [-0.2, -0.15) is 0 Å².